The molecule has 7 heteroatoms. The fourth-order valence-electron chi connectivity index (χ4n) is 3.79. The van der Waals surface area contributed by atoms with Gasteiger partial charge in [-0.2, -0.15) is 0 Å². The van der Waals surface area contributed by atoms with E-state index < -0.39 is 6.04 Å². The van der Waals surface area contributed by atoms with E-state index in [4.69, 9.17) is 11.6 Å². The van der Waals surface area contributed by atoms with Crippen LogP contribution >= 0.6 is 39.3 Å². The highest BCUT2D eigenvalue weighted by atomic mass is 79.9. The molecule has 0 bridgehead atoms. The Morgan fingerprint density at radius 2 is 1.67 bits per heavy atom. The number of thioether (sulfide) groups is 1. The summed E-state index contributed by atoms with van der Waals surface area (Å²) in [5, 5.41) is 3.79. The molecular weight excluding hydrogens is 556 g/mol. The van der Waals surface area contributed by atoms with Crippen molar-refractivity contribution in [2.45, 2.75) is 51.1 Å². The molecule has 0 aliphatic heterocycles. The van der Waals surface area contributed by atoms with Crippen LogP contribution in [0.2, 0.25) is 5.02 Å². The molecule has 0 heterocycles. The van der Waals surface area contributed by atoms with E-state index in [0.29, 0.717) is 23.7 Å². The summed E-state index contributed by atoms with van der Waals surface area (Å²) in [6.45, 7) is 4.37. The van der Waals surface area contributed by atoms with E-state index >= 15 is 0 Å². The van der Waals surface area contributed by atoms with Crippen molar-refractivity contribution in [3.05, 3.63) is 105 Å². The first kappa shape index (κ1) is 28.3. The van der Waals surface area contributed by atoms with Crippen LogP contribution in [0.3, 0.4) is 0 Å². The van der Waals surface area contributed by atoms with Gasteiger partial charge in [0.05, 0.1) is 5.75 Å². The van der Waals surface area contributed by atoms with Crippen LogP contribution in [-0.2, 0) is 28.3 Å². The Labute approximate surface area is 231 Å². The topological polar surface area (TPSA) is 49.4 Å². The van der Waals surface area contributed by atoms with Crippen molar-refractivity contribution in [3.8, 4) is 0 Å². The number of carbonyl (C=O) groups excluding carboxylic acids is 2. The van der Waals surface area contributed by atoms with E-state index in [1.807, 2.05) is 92.7 Å². The highest BCUT2D eigenvalue weighted by Gasteiger charge is 2.30. The molecule has 3 rings (SSSR count). The van der Waals surface area contributed by atoms with E-state index in [0.717, 1.165) is 27.6 Å². The number of hydrogen-bond donors (Lipinski definition) is 1. The Bertz CT molecular complexity index is 1140. The van der Waals surface area contributed by atoms with Crippen molar-refractivity contribution >= 4 is 51.1 Å². The largest absolute Gasteiger partial charge is 0.352 e. The molecule has 36 heavy (non-hydrogen) atoms. The van der Waals surface area contributed by atoms with Crippen molar-refractivity contribution in [1.29, 1.82) is 0 Å². The summed E-state index contributed by atoms with van der Waals surface area (Å²) in [6, 6.07) is 24.8. The third kappa shape index (κ3) is 8.99. The molecular formula is C29H32BrClN2O2S. The Balaban J connectivity index is 1.85. The van der Waals surface area contributed by atoms with Gasteiger partial charge in [0.15, 0.2) is 0 Å². The van der Waals surface area contributed by atoms with Gasteiger partial charge in [-0.25, -0.2) is 0 Å². The summed E-state index contributed by atoms with van der Waals surface area (Å²) in [5.41, 5.74) is 3.04. The maximum Gasteiger partial charge on any atom is 0.243 e. The van der Waals surface area contributed by atoms with Crippen molar-refractivity contribution in [2.24, 2.45) is 0 Å². The molecule has 0 aliphatic carbocycles. The molecule has 0 saturated heterocycles. The van der Waals surface area contributed by atoms with E-state index in [1.54, 1.807) is 4.90 Å². The third-order valence-electron chi connectivity index (χ3n) is 5.90. The molecule has 0 unspecified atom stereocenters. The van der Waals surface area contributed by atoms with E-state index in [9.17, 15) is 9.59 Å². The van der Waals surface area contributed by atoms with Gasteiger partial charge in [0, 0.05) is 34.3 Å². The van der Waals surface area contributed by atoms with E-state index in [-0.39, 0.29) is 23.6 Å². The van der Waals surface area contributed by atoms with Crippen LogP contribution in [0, 0.1) is 0 Å². The van der Waals surface area contributed by atoms with Gasteiger partial charge in [-0.05, 0) is 54.3 Å². The van der Waals surface area contributed by atoms with Crippen molar-refractivity contribution < 1.29 is 9.59 Å². The molecule has 3 aromatic rings. The number of halogens is 2. The molecule has 0 aromatic heterocycles. The van der Waals surface area contributed by atoms with Gasteiger partial charge in [0.25, 0.3) is 0 Å². The number of nitrogens with one attached hydrogen (secondary N) is 1. The summed E-state index contributed by atoms with van der Waals surface area (Å²) >= 11 is 11.2. The standard InChI is InChI=1S/C29H32BrClN2O2S/c1-3-21(2)32-29(35)27(17-22-9-5-4-6-10-22)33(18-23-11-7-13-25(30)15-23)28(34)20-36-19-24-12-8-14-26(31)16-24/h4-16,21,27H,3,17-20H2,1-2H3,(H,32,35)/t21-,27-/m0/s1. The minimum Gasteiger partial charge on any atom is -0.352 e. The van der Waals surface area contributed by atoms with Crippen LogP contribution in [0.15, 0.2) is 83.3 Å². The first-order valence-electron chi connectivity index (χ1n) is 12.1. The van der Waals surface area contributed by atoms with Crippen LogP contribution in [0.1, 0.15) is 37.0 Å². The number of rotatable bonds is 12. The minimum atomic E-state index is -0.625. The van der Waals surface area contributed by atoms with Gasteiger partial charge >= 0.3 is 0 Å². The highest BCUT2D eigenvalue weighted by Crippen LogP contribution is 2.21. The first-order valence-corrected chi connectivity index (χ1v) is 14.4. The van der Waals surface area contributed by atoms with Gasteiger partial charge in [-0.3, -0.25) is 9.59 Å². The van der Waals surface area contributed by atoms with E-state index in [1.165, 1.54) is 11.8 Å². The predicted octanol–water partition coefficient (Wildman–Crippen LogP) is 6.89. The van der Waals surface area contributed by atoms with Gasteiger partial charge < -0.3 is 10.2 Å². The van der Waals surface area contributed by atoms with Crippen molar-refractivity contribution in [3.63, 3.8) is 0 Å². The lowest BCUT2D eigenvalue weighted by Gasteiger charge is -2.32. The molecule has 4 nitrogen and oxygen atoms in total. The van der Waals surface area contributed by atoms with Crippen LogP contribution in [0.4, 0.5) is 0 Å². The fraction of sp³-hybridized carbons (Fsp3) is 0.310. The monoisotopic (exact) mass is 586 g/mol. The summed E-state index contributed by atoms with van der Waals surface area (Å²) in [4.78, 5) is 28.9. The Morgan fingerprint density at radius 1 is 0.972 bits per heavy atom. The molecule has 190 valence electrons. The zero-order chi connectivity index (χ0) is 25.9. The van der Waals surface area contributed by atoms with Crippen LogP contribution in [0.25, 0.3) is 0 Å². The molecule has 0 saturated carbocycles. The van der Waals surface area contributed by atoms with Crippen molar-refractivity contribution in [2.75, 3.05) is 5.75 Å². The summed E-state index contributed by atoms with van der Waals surface area (Å²) in [7, 11) is 0. The van der Waals surface area contributed by atoms with Crippen molar-refractivity contribution in [1.82, 2.24) is 10.2 Å². The van der Waals surface area contributed by atoms with E-state index in [2.05, 4.69) is 21.2 Å². The number of benzene rings is 3. The molecule has 0 fully saturated rings. The van der Waals surface area contributed by atoms with Crippen LogP contribution in [0.5, 0.6) is 0 Å². The lowest BCUT2D eigenvalue weighted by Crippen LogP contribution is -2.52. The number of nitrogens with zero attached hydrogens (tertiary/aromatic N) is 1. The average molecular weight is 588 g/mol. The number of amides is 2. The molecule has 2 amide bonds. The summed E-state index contributed by atoms with van der Waals surface area (Å²) < 4.78 is 0.936. The maximum absolute atomic E-state index is 13.7. The van der Waals surface area contributed by atoms with Gasteiger partial charge in [0.1, 0.15) is 6.04 Å². The average Bonchev–Trinajstić information content (AvgIpc) is 2.86. The Hall–Kier alpha value is -2.28. The molecule has 3 aromatic carbocycles. The molecule has 0 radical (unpaired) electrons. The predicted molar refractivity (Wildman–Crippen MR) is 154 cm³/mol. The normalized spacial score (nSPS) is 12.6. The molecule has 0 spiro atoms. The first-order chi connectivity index (χ1) is 17.4. The maximum atomic E-state index is 13.7. The second kappa shape index (κ2) is 14.5. The Morgan fingerprint density at radius 3 is 2.36 bits per heavy atom. The minimum absolute atomic E-state index is 0.0239. The lowest BCUT2D eigenvalue weighted by atomic mass is 10.0. The van der Waals surface area contributed by atoms with Gasteiger partial charge in [-0.15, -0.1) is 11.8 Å². The second-order valence-electron chi connectivity index (χ2n) is 8.80. The Kier molecular flexibility index (Phi) is 11.4. The second-order valence-corrected chi connectivity index (χ2v) is 11.1. The van der Waals surface area contributed by atoms with Gasteiger partial charge in [-0.1, -0.05) is 89.1 Å². The highest BCUT2D eigenvalue weighted by molar-refractivity contribution is 9.10. The molecule has 2 atom stereocenters. The number of carbonyl (C=O) groups is 2. The summed E-state index contributed by atoms with van der Waals surface area (Å²) in [6.07, 6.45) is 1.26. The van der Waals surface area contributed by atoms with Crippen LogP contribution < -0.4 is 5.32 Å². The van der Waals surface area contributed by atoms with Crippen LogP contribution in [-0.4, -0.2) is 34.6 Å². The quantitative estimate of drug-likeness (QED) is 0.251. The zero-order valence-electron chi connectivity index (χ0n) is 20.6. The lowest BCUT2D eigenvalue weighted by molar-refractivity contribution is -0.139. The molecule has 1 N–H and O–H groups in total. The summed E-state index contributed by atoms with van der Waals surface area (Å²) in [5.74, 6) is 0.737. The number of hydrogen-bond acceptors (Lipinski definition) is 3. The zero-order valence-corrected chi connectivity index (χ0v) is 23.8. The smallest absolute Gasteiger partial charge is 0.243 e. The SMILES string of the molecule is CC[C@H](C)NC(=O)[C@H](Cc1ccccc1)N(Cc1cccc(Br)c1)C(=O)CSCc1cccc(Cl)c1. The third-order valence-corrected chi connectivity index (χ3v) is 7.61. The van der Waals surface area contributed by atoms with Gasteiger partial charge in [0.2, 0.25) is 11.8 Å². The fourth-order valence-corrected chi connectivity index (χ4v) is 5.31. The molecule has 0 aliphatic rings.